The summed E-state index contributed by atoms with van der Waals surface area (Å²) in [5.41, 5.74) is 0. The normalized spacial score (nSPS) is 13.4. The van der Waals surface area contributed by atoms with Gasteiger partial charge >= 0.3 is 11.9 Å². The number of unbranched alkanes of at least 4 members (excludes halogenated alkanes) is 14. The Hall–Kier alpha value is -3.96. The van der Waals surface area contributed by atoms with Crippen LogP contribution in [0.3, 0.4) is 0 Å². The molecule has 0 amide bonds. The lowest BCUT2D eigenvalue weighted by Crippen LogP contribution is -2.29. The summed E-state index contributed by atoms with van der Waals surface area (Å²) in [6.45, 7) is 7.36. The molecule has 64 heavy (non-hydrogen) atoms. The number of hydrogen-bond donors (Lipinski definition) is 0. The lowest BCUT2D eigenvalue weighted by Gasteiger charge is -2.18. The molecule has 0 aromatic rings. The zero-order valence-corrected chi connectivity index (χ0v) is 41.2. The molecule has 0 N–H and O–H groups in total. The molecule has 0 aromatic heterocycles. The fourth-order valence-corrected chi connectivity index (χ4v) is 6.48. The van der Waals surface area contributed by atoms with Crippen LogP contribution < -0.4 is 0 Å². The van der Waals surface area contributed by atoms with Gasteiger partial charge in [0.25, 0.3) is 0 Å². The van der Waals surface area contributed by atoms with Gasteiger partial charge in [-0.2, -0.15) is 0 Å². The second kappa shape index (κ2) is 53.4. The van der Waals surface area contributed by atoms with Crippen molar-refractivity contribution in [2.45, 2.75) is 207 Å². The Morgan fingerprint density at radius 1 is 0.359 bits per heavy atom. The van der Waals surface area contributed by atoms with E-state index in [1.165, 1.54) is 89.9 Å². The molecule has 1 atom stereocenters. The van der Waals surface area contributed by atoms with E-state index >= 15 is 0 Å². The van der Waals surface area contributed by atoms with Crippen LogP contribution in [-0.2, 0) is 23.8 Å². The summed E-state index contributed by atoms with van der Waals surface area (Å²) in [4.78, 5) is 25.3. The van der Waals surface area contributed by atoms with Crippen molar-refractivity contribution in [2.75, 3.05) is 19.8 Å². The molecule has 0 aliphatic carbocycles. The van der Waals surface area contributed by atoms with E-state index < -0.39 is 6.10 Å². The Morgan fingerprint density at radius 3 is 1.11 bits per heavy atom. The molecule has 0 saturated carbocycles. The molecule has 5 heteroatoms. The van der Waals surface area contributed by atoms with E-state index in [0.29, 0.717) is 6.61 Å². The Bertz CT molecular complexity index is 1370. The minimum absolute atomic E-state index is 0.0180. The average molecular weight is 883 g/mol. The Morgan fingerprint density at radius 2 is 0.703 bits per heavy atom. The van der Waals surface area contributed by atoms with Gasteiger partial charge in [0.2, 0.25) is 0 Å². The molecular formula is C59H94O5. The zero-order valence-electron chi connectivity index (χ0n) is 41.2. The van der Waals surface area contributed by atoms with Gasteiger partial charge in [0.05, 0.1) is 19.4 Å². The van der Waals surface area contributed by atoms with Gasteiger partial charge in [0.15, 0.2) is 6.10 Å². The van der Waals surface area contributed by atoms with Gasteiger partial charge in [0.1, 0.15) is 6.61 Å². The maximum atomic E-state index is 12.7. The summed E-state index contributed by atoms with van der Waals surface area (Å²) in [6.07, 6.45) is 76.6. The molecule has 0 fully saturated rings. The molecule has 0 rings (SSSR count). The standard InChI is InChI=1S/C59H94O5/c1-4-7-10-13-16-19-22-25-28-29-30-33-36-39-42-45-48-51-54-62-55-57(64-59(61)53-50-47-44-41-38-35-32-27-24-21-18-15-12-9-6-3)56-63-58(60)52-49-46-43-40-37-34-31-26-23-20-17-14-11-8-5-2/h8-9,11-12,17-18,20-21,25-28,31-32,37-38,40-41,46-47,49-50,57H,4-7,10,13-16,19,22-24,29-30,33-36,39,42-45,48,51-56H2,1-3H3/b11-8-,12-9-,20-17-,21-18-,28-25-,31-26-,32-27-,40-37-,41-38-,49-46-,50-47-. The minimum atomic E-state index is -0.641. The van der Waals surface area contributed by atoms with E-state index in [9.17, 15) is 9.59 Å². The number of allylic oxidation sites excluding steroid dienone is 20. The molecule has 0 bridgehead atoms. The van der Waals surface area contributed by atoms with Crippen molar-refractivity contribution in [3.05, 3.63) is 134 Å². The van der Waals surface area contributed by atoms with Crippen LogP contribution in [0, 0.1) is 0 Å². The van der Waals surface area contributed by atoms with Crippen LogP contribution >= 0.6 is 0 Å². The summed E-state index contributed by atoms with van der Waals surface area (Å²) in [6, 6.07) is 0. The highest BCUT2D eigenvalue weighted by atomic mass is 16.6. The Labute approximate surface area is 394 Å². The molecule has 360 valence electrons. The van der Waals surface area contributed by atoms with Crippen molar-refractivity contribution in [3.8, 4) is 0 Å². The van der Waals surface area contributed by atoms with E-state index in [1.54, 1.807) is 0 Å². The number of carbonyl (C=O) groups excluding carboxylic acids is 2. The third kappa shape index (κ3) is 50.7. The molecule has 0 radical (unpaired) electrons. The number of esters is 2. The molecule has 1 unspecified atom stereocenters. The van der Waals surface area contributed by atoms with Crippen molar-refractivity contribution >= 4 is 11.9 Å². The van der Waals surface area contributed by atoms with E-state index in [1.807, 2.05) is 24.3 Å². The molecule has 0 aliphatic rings. The number of ether oxygens (including phenoxy) is 3. The summed E-state index contributed by atoms with van der Waals surface area (Å²) in [7, 11) is 0. The van der Waals surface area contributed by atoms with Gasteiger partial charge in [-0.15, -0.1) is 0 Å². The van der Waals surface area contributed by atoms with Gasteiger partial charge in [-0.05, 0) is 96.3 Å². The van der Waals surface area contributed by atoms with Gasteiger partial charge < -0.3 is 14.2 Å². The molecule has 0 saturated heterocycles. The Balaban J connectivity index is 4.52. The third-order valence-electron chi connectivity index (χ3n) is 10.2. The third-order valence-corrected chi connectivity index (χ3v) is 10.2. The van der Waals surface area contributed by atoms with E-state index in [2.05, 4.69) is 130 Å². The predicted molar refractivity (Wildman–Crippen MR) is 278 cm³/mol. The maximum absolute atomic E-state index is 12.7. The number of hydrogen-bond acceptors (Lipinski definition) is 5. The van der Waals surface area contributed by atoms with Crippen LogP contribution in [0.15, 0.2) is 134 Å². The molecule has 0 aliphatic heterocycles. The second-order valence-corrected chi connectivity index (χ2v) is 16.3. The van der Waals surface area contributed by atoms with Gasteiger partial charge in [-0.25, -0.2) is 0 Å². The minimum Gasteiger partial charge on any atom is -0.461 e. The highest BCUT2D eigenvalue weighted by Gasteiger charge is 2.17. The highest BCUT2D eigenvalue weighted by Crippen LogP contribution is 2.12. The summed E-state index contributed by atoms with van der Waals surface area (Å²) in [5.74, 6) is -0.701. The fourth-order valence-electron chi connectivity index (χ4n) is 6.48. The number of rotatable bonds is 45. The van der Waals surface area contributed by atoms with Gasteiger partial charge in [-0.3, -0.25) is 9.59 Å². The first kappa shape index (κ1) is 60.0. The lowest BCUT2D eigenvalue weighted by molar-refractivity contribution is -0.161. The molecule has 0 spiro atoms. The highest BCUT2D eigenvalue weighted by molar-refractivity contribution is 5.72. The molecule has 0 aromatic carbocycles. The SMILES string of the molecule is CC/C=C\C/C=C\C/C=C\C/C=C\C/C=C\CC(=O)OCC(COCCCCCCCCCC/C=C\CCCCCCCC)OC(=O)C/C=C\C/C=C\C/C=C\C/C=C\C/C=C\CC. The lowest BCUT2D eigenvalue weighted by atomic mass is 10.1. The monoisotopic (exact) mass is 883 g/mol. The Kier molecular flexibility index (Phi) is 50.1. The van der Waals surface area contributed by atoms with E-state index in [0.717, 1.165) is 77.0 Å². The van der Waals surface area contributed by atoms with Gasteiger partial charge in [-0.1, -0.05) is 225 Å². The van der Waals surface area contributed by atoms with Gasteiger partial charge in [0, 0.05) is 6.61 Å². The van der Waals surface area contributed by atoms with Crippen LogP contribution in [0.25, 0.3) is 0 Å². The maximum Gasteiger partial charge on any atom is 0.310 e. The van der Waals surface area contributed by atoms with Crippen LogP contribution in [0.5, 0.6) is 0 Å². The van der Waals surface area contributed by atoms with Crippen molar-refractivity contribution in [1.82, 2.24) is 0 Å². The first-order valence-corrected chi connectivity index (χ1v) is 25.7. The largest absolute Gasteiger partial charge is 0.461 e. The average Bonchev–Trinajstić information content (AvgIpc) is 3.30. The smallest absolute Gasteiger partial charge is 0.310 e. The predicted octanol–water partition coefficient (Wildman–Crippen LogP) is 17.6. The van der Waals surface area contributed by atoms with E-state index in [-0.39, 0.29) is 38.0 Å². The van der Waals surface area contributed by atoms with Crippen molar-refractivity contribution in [3.63, 3.8) is 0 Å². The molecular weight excluding hydrogens is 789 g/mol. The number of carbonyl (C=O) groups is 2. The second-order valence-electron chi connectivity index (χ2n) is 16.3. The molecule has 0 heterocycles. The van der Waals surface area contributed by atoms with Crippen molar-refractivity contribution in [1.29, 1.82) is 0 Å². The van der Waals surface area contributed by atoms with Crippen LogP contribution in [0.4, 0.5) is 0 Å². The van der Waals surface area contributed by atoms with Crippen LogP contribution in [0.1, 0.15) is 201 Å². The quantitative estimate of drug-likeness (QED) is 0.0346. The summed E-state index contributed by atoms with van der Waals surface area (Å²) in [5, 5.41) is 0. The summed E-state index contributed by atoms with van der Waals surface area (Å²) >= 11 is 0. The zero-order chi connectivity index (χ0) is 46.3. The van der Waals surface area contributed by atoms with Crippen molar-refractivity contribution < 1.29 is 23.8 Å². The van der Waals surface area contributed by atoms with Crippen LogP contribution in [0.2, 0.25) is 0 Å². The van der Waals surface area contributed by atoms with Crippen molar-refractivity contribution in [2.24, 2.45) is 0 Å². The fraction of sp³-hybridized carbons (Fsp3) is 0.593. The summed E-state index contributed by atoms with van der Waals surface area (Å²) < 4.78 is 17.2. The van der Waals surface area contributed by atoms with Crippen LogP contribution in [-0.4, -0.2) is 37.9 Å². The topological polar surface area (TPSA) is 61.8 Å². The first-order valence-electron chi connectivity index (χ1n) is 25.7. The molecule has 5 nitrogen and oxygen atoms in total. The van der Waals surface area contributed by atoms with E-state index in [4.69, 9.17) is 14.2 Å². The first-order chi connectivity index (χ1) is 31.6.